The summed E-state index contributed by atoms with van der Waals surface area (Å²) in [5.74, 6) is 1.22. The third-order valence-corrected chi connectivity index (χ3v) is 4.28. The van der Waals surface area contributed by atoms with E-state index in [0.717, 1.165) is 32.0 Å². The van der Waals surface area contributed by atoms with Crippen molar-refractivity contribution in [3.05, 3.63) is 40.6 Å². The van der Waals surface area contributed by atoms with Crippen LogP contribution >= 0.6 is 23.2 Å². The molecule has 0 bridgehead atoms. The fourth-order valence-corrected chi connectivity index (χ4v) is 3.05. The van der Waals surface area contributed by atoms with Crippen LogP contribution in [0, 0.1) is 0 Å². The molecular weight excluding hydrogens is 363 g/mol. The number of aromatic nitrogens is 2. The minimum absolute atomic E-state index is 0.426. The number of hydrogen-bond acceptors (Lipinski definition) is 5. The summed E-state index contributed by atoms with van der Waals surface area (Å²) in [7, 11) is 2.09. The summed E-state index contributed by atoms with van der Waals surface area (Å²) in [6.07, 6.45) is 1.44. The lowest BCUT2D eigenvalue weighted by molar-refractivity contribution is 0.262. The molecule has 1 fully saturated rings. The van der Waals surface area contributed by atoms with E-state index in [2.05, 4.69) is 37.4 Å². The first-order valence-corrected chi connectivity index (χ1v) is 8.55. The van der Waals surface area contributed by atoms with Gasteiger partial charge in [-0.2, -0.15) is 0 Å². The molecule has 1 aliphatic rings. The van der Waals surface area contributed by atoms with E-state index in [9.17, 15) is 4.79 Å². The van der Waals surface area contributed by atoms with Gasteiger partial charge in [0.05, 0.1) is 0 Å². The predicted molar refractivity (Wildman–Crippen MR) is 101 cm³/mol. The molecule has 0 aliphatic carbocycles. The van der Waals surface area contributed by atoms with E-state index in [4.69, 9.17) is 23.2 Å². The fraction of sp³-hybridized carbons (Fsp3) is 0.312. The summed E-state index contributed by atoms with van der Waals surface area (Å²) < 4.78 is 0. The van der Waals surface area contributed by atoms with E-state index in [1.807, 2.05) is 0 Å². The summed E-state index contributed by atoms with van der Waals surface area (Å²) in [6.45, 7) is 3.73. The van der Waals surface area contributed by atoms with Crippen LogP contribution in [-0.4, -0.2) is 54.1 Å². The van der Waals surface area contributed by atoms with Crippen molar-refractivity contribution >= 4 is 46.6 Å². The second kappa shape index (κ2) is 7.86. The quantitative estimate of drug-likeness (QED) is 0.855. The molecule has 0 unspecified atom stereocenters. The van der Waals surface area contributed by atoms with E-state index in [-0.39, 0.29) is 0 Å². The van der Waals surface area contributed by atoms with Gasteiger partial charge in [0.15, 0.2) is 0 Å². The van der Waals surface area contributed by atoms with E-state index in [0.29, 0.717) is 21.6 Å². The Labute approximate surface area is 155 Å². The zero-order valence-electron chi connectivity index (χ0n) is 13.7. The molecule has 2 amide bonds. The highest BCUT2D eigenvalue weighted by Gasteiger charge is 2.16. The number of carbonyl (C=O) groups is 1. The molecule has 25 heavy (non-hydrogen) atoms. The number of piperazine rings is 1. The second-order valence-corrected chi connectivity index (χ2v) is 6.66. The van der Waals surface area contributed by atoms with Crippen molar-refractivity contribution < 1.29 is 4.79 Å². The van der Waals surface area contributed by atoms with Crippen LogP contribution in [0.4, 0.5) is 22.1 Å². The second-order valence-electron chi connectivity index (χ2n) is 5.79. The van der Waals surface area contributed by atoms with Gasteiger partial charge >= 0.3 is 6.03 Å². The number of anilines is 3. The number of nitrogens with one attached hydrogen (secondary N) is 2. The molecule has 1 aromatic carbocycles. The van der Waals surface area contributed by atoms with Crippen LogP contribution in [0.25, 0.3) is 0 Å². The molecule has 132 valence electrons. The number of rotatable bonds is 3. The average Bonchev–Trinajstić information content (AvgIpc) is 2.54. The van der Waals surface area contributed by atoms with Crippen LogP contribution in [-0.2, 0) is 0 Å². The zero-order chi connectivity index (χ0) is 17.8. The van der Waals surface area contributed by atoms with Gasteiger partial charge in [-0.3, -0.25) is 5.32 Å². The summed E-state index contributed by atoms with van der Waals surface area (Å²) >= 11 is 11.9. The van der Waals surface area contributed by atoms with Crippen LogP contribution < -0.4 is 15.5 Å². The smallest absolute Gasteiger partial charge is 0.324 e. The van der Waals surface area contributed by atoms with Crippen LogP contribution in [0.2, 0.25) is 10.0 Å². The van der Waals surface area contributed by atoms with E-state index in [1.54, 1.807) is 24.3 Å². The lowest BCUT2D eigenvalue weighted by Gasteiger charge is -2.33. The number of hydrogen-bond donors (Lipinski definition) is 2. The number of halogens is 2. The highest BCUT2D eigenvalue weighted by molar-refractivity contribution is 6.35. The van der Waals surface area contributed by atoms with Gasteiger partial charge in [0, 0.05) is 48.0 Å². The first-order valence-electron chi connectivity index (χ1n) is 7.79. The van der Waals surface area contributed by atoms with Crippen molar-refractivity contribution in [2.45, 2.75) is 0 Å². The third kappa shape index (κ3) is 4.94. The number of benzene rings is 1. The molecule has 2 N–H and O–H groups in total. The molecule has 3 rings (SSSR count). The number of carbonyl (C=O) groups excluding carboxylic acids is 1. The van der Waals surface area contributed by atoms with Crippen molar-refractivity contribution in [3.63, 3.8) is 0 Å². The molecule has 1 aliphatic heterocycles. The highest BCUT2D eigenvalue weighted by Crippen LogP contribution is 2.22. The largest absolute Gasteiger partial charge is 0.354 e. The maximum Gasteiger partial charge on any atom is 0.324 e. The Morgan fingerprint density at radius 3 is 2.36 bits per heavy atom. The first kappa shape index (κ1) is 17.7. The normalized spacial score (nSPS) is 15.1. The van der Waals surface area contributed by atoms with Gasteiger partial charge in [-0.1, -0.05) is 23.2 Å². The SMILES string of the molecule is CN1CCN(c2cc(NC(=O)Nc3cc(Cl)cc(Cl)c3)ncn2)CC1. The van der Waals surface area contributed by atoms with Gasteiger partial charge < -0.3 is 15.1 Å². The molecule has 9 heteroatoms. The molecule has 2 aromatic rings. The van der Waals surface area contributed by atoms with Crippen LogP contribution in [0.1, 0.15) is 0 Å². The van der Waals surface area contributed by atoms with Crippen LogP contribution in [0.5, 0.6) is 0 Å². The van der Waals surface area contributed by atoms with Gasteiger partial charge in [-0.05, 0) is 25.2 Å². The van der Waals surface area contributed by atoms with Crippen LogP contribution in [0.3, 0.4) is 0 Å². The molecule has 1 aromatic heterocycles. The number of nitrogens with zero attached hydrogens (tertiary/aromatic N) is 4. The lowest BCUT2D eigenvalue weighted by Crippen LogP contribution is -2.44. The molecule has 0 atom stereocenters. The maximum atomic E-state index is 12.1. The minimum Gasteiger partial charge on any atom is -0.354 e. The molecule has 1 saturated heterocycles. The van der Waals surface area contributed by atoms with E-state index in [1.165, 1.54) is 6.33 Å². The summed E-state index contributed by atoms with van der Waals surface area (Å²) in [4.78, 5) is 25.0. The van der Waals surface area contributed by atoms with Crippen molar-refractivity contribution in [2.24, 2.45) is 0 Å². The average molecular weight is 381 g/mol. The van der Waals surface area contributed by atoms with E-state index >= 15 is 0 Å². The Morgan fingerprint density at radius 2 is 1.68 bits per heavy atom. The summed E-state index contributed by atoms with van der Waals surface area (Å²) in [6, 6.07) is 6.15. The standard InChI is InChI=1S/C16H18Cl2N6O/c1-23-2-4-24(5-3-23)15-9-14(19-10-20-15)22-16(25)21-13-7-11(17)6-12(18)8-13/h6-10H,2-5H2,1H3,(H2,19,20,21,22,25). The Hall–Kier alpha value is -2.09. The van der Waals surface area contributed by atoms with Gasteiger partial charge in [-0.25, -0.2) is 14.8 Å². The summed E-state index contributed by atoms with van der Waals surface area (Å²) in [5, 5.41) is 6.26. The Morgan fingerprint density at radius 1 is 1.00 bits per heavy atom. The topological polar surface area (TPSA) is 73.4 Å². The molecule has 7 nitrogen and oxygen atoms in total. The van der Waals surface area contributed by atoms with Crippen molar-refractivity contribution in [3.8, 4) is 0 Å². The Balaban J connectivity index is 1.64. The fourth-order valence-electron chi connectivity index (χ4n) is 2.53. The monoisotopic (exact) mass is 380 g/mol. The number of likely N-dealkylation sites (N-methyl/N-ethyl adjacent to an activating group) is 1. The predicted octanol–water partition coefficient (Wildman–Crippen LogP) is 3.18. The Kier molecular flexibility index (Phi) is 5.57. The number of urea groups is 1. The molecule has 0 radical (unpaired) electrons. The van der Waals surface area contributed by atoms with Crippen molar-refractivity contribution in [2.75, 3.05) is 48.8 Å². The van der Waals surface area contributed by atoms with Gasteiger partial charge in [0.2, 0.25) is 0 Å². The van der Waals surface area contributed by atoms with Gasteiger partial charge in [0.25, 0.3) is 0 Å². The summed E-state index contributed by atoms with van der Waals surface area (Å²) in [5.41, 5.74) is 0.503. The first-order chi connectivity index (χ1) is 12.0. The van der Waals surface area contributed by atoms with Crippen molar-refractivity contribution in [1.29, 1.82) is 0 Å². The van der Waals surface area contributed by atoms with Gasteiger partial charge in [0.1, 0.15) is 18.0 Å². The lowest BCUT2D eigenvalue weighted by atomic mass is 10.3. The zero-order valence-corrected chi connectivity index (χ0v) is 15.2. The van der Waals surface area contributed by atoms with Gasteiger partial charge in [-0.15, -0.1) is 0 Å². The maximum absolute atomic E-state index is 12.1. The molecule has 0 saturated carbocycles. The molecule has 0 spiro atoms. The van der Waals surface area contributed by atoms with Crippen molar-refractivity contribution in [1.82, 2.24) is 14.9 Å². The molecule has 2 heterocycles. The van der Waals surface area contributed by atoms with E-state index < -0.39 is 6.03 Å². The Bertz CT molecular complexity index is 744. The number of amides is 2. The van der Waals surface area contributed by atoms with Crippen LogP contribution in [0.15, 0.2) is 30.6 Å². The highest BCUT2D eigenvalue weighted by atomic mass is 35.5. The minimum atomic E-state index is -0.429. The third-order valence-electron chi connectivity index (χ3n) is 3.84. The molecular formula is C16H18Cl2N6O.